The second-order valence-corrected chi connectivity index (χ2v) is 9.56. The van der Waals surface area contributed by atoms with Gasteiger partial charge in [0.05, 0.1) is 0 Å². The Balaban J connectivity index is 3.38. The van der Waals surface area contributed by atoms with Crippen molar-refractivity contribution in [2.45, 2.75) is 91.0 Å². The van der Waals surface area contributed by atoms with E-state index < -0.39 is 41.5 Å². The van der Waals surface area contributed by atoms with Crippen LogP contribution in [0.3, 0.4) is 0 Å². The molecule has 0 spiro atoms. The topological polar surface area (TPSA) is 131 Å². The van der Waals surface area contributed by atoms with Crippen molar-refractivity contribution >= 4 is 23.8 Å². The van der Waals surface area contributed by atoms with E-state index in [1.54, 1.807) is 39.0 Å². The molecule has 1 aromatic rings. The van der Waals surface area contributed by atoms with Crippen LogP contribution in [0.25, 0.3) is 0 Å². The monoisotopic (exact) mass is 486 g/mol. The summed E-state index contributed by atoms with van der Waals surface area (Å²) in [5, 5.41) is 5.39. The molecule has 9 nitrogen and oxygen atoms in total. The van der Waals surface area contributed by atoms with E-state index in [4.69, 9.17) is 16.9 Å². The molecule has 0 aliphatic rings. The third kappa shape index (κ3) is 10.1. The molecular weight excluding hydrogens is 448 g/mol. The molecule has 0 aliphatic heterocycles. The predicted octanol–water partition coefficient (Wildman–Crippen LogP) is 2.92. The van der Waals surface area contributed by atoms with Gasteiger partial charge in [-0.25, -0.2) is 4.79 Å². The number of hydrogen-bond acceptors (Lipinski definition) is 5. The number of nitrogens with two attached hydrogens (primary N) is 1. The van der Waals surface area contributed by atoms with Crippen LogP contribution in [0.2, 0.25) is 0 Å². The molecule has 0 saturated carbocycles. The van der Waals surface area contributed by atoms with Gasteiger partial charge in [0.25, 0.3) is 5.91 Å². The van der Waals surface area contributed by atoms with E-state index in [0.717, 1.165) is 23.3 Å². The average molecular weight is 487 g/mol. The number of ether oxygens (including phenoxy) is 1. The molecule has 192 valence electrons. The Hall–Kier alpha value is -3.54. The fourth-order valence-electron chi connectivity index (χ4n) is 3.51. The van der Waals surface area contributed by atoms with Crippen LogP contribution >= 0.6 is 0 Å². The van der Waals surface area contributed by atoms with Gasteiger partial charge in [0.1, 0.15) is 17.7 Å². The summed E-state index contributed by atoms with van der Waals surface area (Å²) in [7, 11) is 0. The van der Waals surface area contributed by atoms with Gasteiger partial charge in [0.15, 0.2) is 0 Å². The first-order chi connectivity index (χ1) is 16.3. The summed E-state index contributed by atoms with van der Waals surface area (Å²) in [6, 6.07) is 6.89. The lowest BCUT2D eigenvalue weighted by molar-refractivity contribution is -0.139. The molecule has 4 amide bonds. The van der Waals surface area contributed by atoms with Crippen molar-refractivity contribution in [2.24, 2.45) is 5.73 Å². The van der Waals surface area contributed by atoms with E-state index in [-0.39, 0.29) is 18.9 Å². The second kappa shape index (κ2) is 13.4. The molecule has 0 aliphatic carbocycles. The van der Waals surface area contributed by atoms with E-state index in [0.29, 0.717) is 5.56 Å². The summed E-state index contributed by atoms with van der Waals surface area (Å²) in [5.74, 6) is -1.83. The standard InChI is InChI=1S/C26H38N4O5/c1-8-11-18(4)28-23(32)22(19-13-10-12-17(3)16-19)30(9-2)24(33)20(14-15-21(27)31)29-25(34)35-26(5,6)7/h2,10,12-13,16,18,20,22H,8,11,14-15H2,1,3-7H3,(H2,27,31)(H,28,32)(H,29,34). The predicted molar refractivity (Wildman–Crippen MR) is 134 cm³/mol. The largest absolute Gasteiger partial charge is 0.444 e. The molecule has 0 radical (unpaired) electrons. The Labute approximate surface area is 208 Å². The number of carbonyl (C=O) groups excluding carboxylic acids is 4. The van der Waals surface area contributed by atoms with E-state index >= 15 is 0 Å². The van der Waals surface area contributed by atoms with Crippen molar-refractivity contribution in [3.05, 3.63) is 35.4 Å². The highest BCUT2D eigenvalue weighted by molar-refractivity contribution is 5.93. The fourth-order valence-corrected chi connectivity index (χ4v) is 3.51. The number of benzene rings is 1. The van der Waals surface area contributed by atoms with Crippen molar-refractivity contribution in [1.29, 1.82) is 0 Å². The van der Waals surface area contributed by atoms with Gasteiger partial charge in [0, 0.05) is 18.5 Å². The van der Waals surface area contributed by atoms with Crippen LogP contribution in [0.4, 0.5) is 4.79 Å². The summed E-state index contributed by atoms with van der Waals surface area (Å²) >= 11 is 0. The number of nitrogens with one attached hydrogen (secondary N) is 2. The molecular formula is C26H38N4O5. The summed E-state index contributed by atoms with van der Waals surface area (Å²) in [6.45, 7) is 10.8. The Morgan fingerprint density at radius 1 is 1.17 bits per heavy atom. The number of nitrogens with zero attached hydrogens (tertiary/aromatic N) is 1. The van der Waals surface area contributed by atoms with Gasteiger partial charge in [-0.15, -0.1) is 0 Å². The second-order valence-electron chi connectivity index (χ2n) is 9.56. The van der Waals surface area contributed by atoms with Gasteiger partial charge in [-0.05, 0) is 53.0 Å². The zero-order chi connectivity index (χ0) is 26.8. The Kier molecular flexibility index (Phi) is 11.3. The van der Waals surface area contributed by atoms with Gasteiger partial charge in [0.2, 0.25) is 11.8 Å². The van der Waals surface area contributed by atoms with Crippen molar-refractivity contribution in [1.82, 2.24) is 15.5 Å². The summed E-state index contributed by atoms with van der Waals surface area (Å²) < 4.78 is 5.26. The minimum absolute atomic E-state index is 0.111. The molecule has 4 N–H and O–H groups in total. The zero-order valence-corrected chi connectivity index (χ0v) is 21.5. The molecule has 0 fully saturated rings. The first kappa shape index (κ1) is 29.5. The lowest BCUT2D eigenvalue weighted by atomic mass is 10.00. The highest BCUT2D eigenvalue weighted by Crippen LogP contribution is 2.24. The van der Waals surface area contributed by atoms with E-state index in [1.807, 2.05) is 26.8 Å². The van der Waals surface area contributed by atoms with Crippen LogP contribution in [-0.4, -0.2) is 46.4 Å². The van der Waals surface area contributed by atoms with E-state index in [1.165, 1.54) is 0 Å². The van der Waals surface area contributed by atoms with Crippen LogP contribution < -0.4 is 16.4 Å². The first-order valence-corrected chi connectivity index (χ1v) is 11.7. The molecule has 1 rings (SSSR count). The van der Waals surface area contributed by atoms with Crippen molar-refractivity contribution < 1.29 is 23.9 Å². The molecule has 9 heteroatoms. The molecule has 0 heterocycles. The minimum atomic E-state index is -1.23. The number of terminal acetylenes is 1. The quantitative estimate of drug-likeness (QED) is 0.327. The number of amides is 4. The smallest absolute Gasteiger partial charge is 0.408 e. The molecule has 35 heavy (non-hydrogen) atoms. The van der Waals surface area contributed by atoms with E-state index in [9.17, 15) is 19.2 Å². The SMILES string of the molecule is C#CN(C(=O)C(CCC(N)=O)NC(=O)OC(C)(C)C)C(C(=O)NC(C)CCC)c1cccc(C)c1. The average Bonchev–Trinajstić information content (AvgIpc) is 2.72. The lowest BCUT2D eigenvalue weighted by Crippen LogP contribution is -2.52. The van der Waals surface area contributed by atoms with Crippen molar-refractivity contribution in [2.75, 3.05) is 0 Å². The molecule has 3 atom stereocenters. The molecule has 0 aromatic heterocycles. The Morgan fingerprint density at radius 2 is 1.83 bits per heavy atom. The number of rotatable bonds is 11. The number of hydrogen-bond donors (Lipinski definition) is 3. The lowest BCUT2D eigenvalue weighted by Gasteiger charge is -2.31. The number of alkyl carbamates (subject to hydrolysis) is 1. The van der Waals surface area contributed by atoms with Crippen molar-refractivity contribution in [3.63, 3.8) is 0 Å². The van der Waals surface area contributed by atoms with Gasteiger partial charge < -0.3 is 21.1 Å². The molecule has 0 bridgehead atoms. The maximum Gasteiger partial charge on any atom is 0.408 e. The third-order valence-corrected chi connectivity index (χ3v) is 5.02. The van der Waals surface area contributed by atoms with Gasteiger partial charge in [-0.2, -0.15) is 0 Å². The number of primary amides is 1. The van der Waals surface area contributed by atoms with E-state index in [2.05, 4.69) is 16.7 Å². The number of carbonyl (C=O) groups is 4. The summed E-state index contributed by atoms with van der Waals surface area (Å²) in [4.78, 5) is 51.7. The first-order valence-electron chi connectivity index (χ1n) is 11.7. The molecule has 3 unspecified atom stereocenters. The summed E-state index contributed by atoms with van der Waals surface area (Å²) in [6.07, 6.45) is 6.21. The highest BCUT2D eigenvalue weighted by atomic mass is 16.6. The maximum atomic E-state index is 13.6. The Bertz CT molecular complexity index is 948. The van der Waals surface area contributed by atoms with Crippen LogP contribution in [0, 0.1) is 19.4 Å². The third-order valence-electron chi connectivity index (χ3n) is 5.02. The highest BCUT2D eigenvalue weighted by Gasteiger charge is 2.36. The molecule has 1 aromatic carbocycles. The Morgan fingerprint density at radius 3 is 2.34 bits per heavy atom. The molecule has 0 saturated heterocycles. The van der Waals surface area contributed by atoms with Crippen LogP contribution in [0.5, 0.6) is 0 Å². The van der Waals surface area contributed by atoms with Gasteiger partial charge in [-0.1, -0.05) is 49.6 Å². The minimum Gasteiger partial charge on any atom is -0.444 e. The van der Waals surface area contributed by atoms with Gasteiger partial charge in [-0.3, -0.25) is 19.3 Å². The fraction of sp³-hybridized carbons (Fsp3) is 0.538. The van der Waals surface area contributed by atoms with Crippen molar-refractivity contribution in [3.8, 4) is 12.5 Å². The number of aryl methyl sites for hydroxylation is 1. The summed E-state index contributed by atoms with van der Waals surface area (Å²) in [5.41, 5.74) is 5.85. The van der Waals surface area contributed by atoms with Crippen LogP contribution in [0.1, 0.15) is 77.5 Å². The normalized spacial score (nSPS) is 13.5. The van der Waals surface area contributed by atoms with Crippen LogP contribution in [0.15, 0.2) is 24.3 Å². The van der Waals surface area contributed by atoms with Crippen LogP contribution in [-0.2, 0) is 19.1 Å². The van der Waals surface area contributed by atoms with Gasteiger partial charge >= 0.3 is 6.09 Å². The zero-order valence-electron chi connectivity index (χ0n) is 21.5. The maximum absolute atomic E-state index is 13.6.